The maximum atomic E-state index is 12.9. The lowest BCUT2D eigenvalue weighted by molar-refractivity contribution is -0.130. The van der Waals surface area contributed by atoms with Gasteiger partial charge in [0.15, 0.2) is 0 Å². The molecule has 2 rings (SSSR count). The average Bonchev–Trinajstić information content (AvgIpc) is 2.95. The number of hydrogen-bond donors (Lipinski definition) is 3. The van der Waals surface area contributed by atoms with Crippen LogP contribution in [0.4, 0.5) is 0 Å². The molecular weight excluding hydrogens is 589 g/mol. The van der Waals surface area contributed by atoms with Gasteiger partial charge in [0.05, 0.1) is 34.9 Å². The highest BCUT2D eigenvalue weighted by molar-refractivity contribution is 6.42. The molecule has 0 radical (unpaired) electrons. The predicted octanol–water partition coefficient (Wildman–Crippen LogP) is 5.92. The van der Waals surface area contributed by atoms with Crippen molar-refractivity contribution in [3.8, 4) is 5.75 Å². The molecule has 0 saturated heterocycles. The number of amides is 2. The second kappa shape index (κ2) is 19.2. The normalized spacial score (nSPS) is 13.3. The molecule has 0 aliphatic carbocycles. The van der Waals surface area contributed by atoms with Gasteiger partial charge in [0.2, 0.25) is 11.8 Å². The van der Waals surface area contributed by atoms with E-state index in [1.165, 1.54) is 0 Å². The number of ether oxygens (including phenoxy) is 3. The maximum Gasteiger partial charge on any atom is 0.243 e. The van der Waals surface area contributed by atoms with Crippen LogP contribution in [0.5, 0.6) is 5.75 Å². The third-order valence-corrected chi connectivity index (χ3v) is 7.64. The summed E-state index contributed by atoms with van der Waals surface area (Å²) in [6, 6.07) is 9.86. The molecule has 8 nitrogen and oxygen atoms in total. The lowest BCUT2D eigenvalue weighted by Gasteiger charge is -2.24. The van der Waals surface area contributed by atoms with Crippen LogP contribution in [-0.4, -0.2) is 50.8 Å². The molecule has 0 aliphatic rings. The molecule has 0 spiro atoms. The van der Waals surface area contributed by atoms with E-state index in [0.717, 1.165) is 24.0 Å². The van der Waals surface area contributed by atoms with Gasteiger partial charge in [0.1, 0.15) is 11.8 Å². The van der Waals surface area contributed by atoms with Crippen molar-refractivity contribution in [2.75, 3.05) is 26.9 Å². The Kier molecular flexibility index (Phi) is 16.4. The van der Waals surface area contributed by atoms with Crippen molar-refractivity contribution in [1.29, 1.82) is 0 Å². The molecule has 0 bridgehead atoms. The molecule has 4 N–H and O–H groups in total. The summed E-state index contributed by atoms with van der Waals surface area (Å²) in [5, 5.41) is 7.20. The quantitative estimate of drug-likeness (QED) is 0.166. The Labute approximate surface area is 258 Å². The van der Waals surface area contributed by atoms with Crippen molar-refractivity contribution >= 4 is 46.6 Å². The van der Waals surface area contributed by atoms with Crippen LogP contribution in [0.15, 0.2) is 36.4 Å². The van der Waals surface area contributed by atoms with Crippen molar-refractivity contribution in [3.63, 3.8) is 0 Å². The maximum absolute atomic E-state index is 12.9. The Morgan fingerprint density at radius 3 is 2.41 bits per heavy atom. The molecule has 0 aliphatic heterocycles. The Hall–Kier alpha value is -2.07. The molecule has 41 heavy (non-hydrogen) atoms. The van der Waals surface area contributed by atoms with Gasteiger partial charge in [-0.2, -0.15) is 0 Å². The van der Waals surface area contributed by atoms with Crippen molar-refractivity contribution in [2.45, 2.75) is 71.2 Å². The predicted molar refractivity (Wildman–Crippen MR) is 165 cm³/mol. The largest absolute Gasteiger partial charge is 0.492 e. The minimum Gasteiger partial charge on any atom is -0.492 e. The Balaban J connectivity index is 1.72. The van der Waals surface area contributed by atoms with Crippen molar-refractivity contribution in [3.05, 3.63) is 62.6 Å². The lowest BCUT2D eigenvalue weighted by atomic mass is 9.97. The minimum atomic E-state index is -0.638. The van der Waals surface area contributed by atoms with Crippen LogP contribution < -0.4 is 21.1 Å². The first-order chi connectivity index (χ1) is 19.6. The van der Waals surface area contributed by atoms with Crippen LogP contribution >= 0.6 is 34.8 Å². The number of halogens is 3. The SMILES string of the molecule is CCC(C)C(NC(=O)CCCC(N)COCc1ccc(Cl)c(OCCCOC)c1)C(=O)NCc1ccc(Cl)c(Cl)c1. The molecule has 0 fully saturated rings. The molecule has 2 amide bonds. The summed E-state index contributed by atoms with van der Waals surface area (Å²) < 4.78 is 16.5. The molecule has 3 atom stereocenters. The second-order valence-corrected chi connectivity index (χ2v) is 11.2. The van der Waals surface area contributed by atoms with E-state index in [1.54, 1.807) is 31.4 Å². The summed E-state index contributed by atoms with van der Waals surface area (Å²) in [7, 11) is 1.65. The van der Waals surface area contributed by atoms with Crippen molar-refractivity contribution < 1.29 is 23.8 Å². The van der Waals surface area contributed by atoms with E-state index in [2.05, 4.69) is 10.6 Å². The summed E-state index contributed by atoms with van der Waals surface area (Å²) in [6.45, 7) is 6.05. The molecular formula is C30H42Cl3N3O5. The van der Waals surface area contributed by atoms with Crippen LogP contribution in [0.25, 0.3) is 0 Å². The first-order valence-electron chi connectivity index (χ1n) is 13.9. The van der Waals surface area contributed by atoms with Gasteiger partial charge < -0.3 is 30.6 Å². The number of methoxy groups -OCH3 is 1. The van der Waals surface area contributed by atoms with E-state index < -0.39 is 6.04 Å². The van der Waals surface area contributed by atoms with E-state index in [0.29, 0.717) is 60.1 Å². The Morgan fingerprint density at radius 1 is 0.976 bits per heavy atom. The highest BCUT2D eigenvalue weighted by Crippen LogP contribution is 2.26. The second-order valence-electron chi connectivity index (χ2n) is 10.0. The van der Waals surface area contributed by atoms with Crippen LogP contribution in [0.3, 0.4) is 0 Å². The molecule has 0 aromatic heterocycles. The van der Waals surface area contributed by atoms with Crippen molar-refractivity contribution in [1.82, 2.24) is 10.6 Å². The average molecular weight is 631 g/mol. The number of hydrogen-bond acceptors (Lipinski definition) is 6. The van der Waals surface area contributed by atoms with Gasteiger partial charge in [-0.25, -0.2) is 0 Å². The van der Waals surface area contributed by atoms with Gasteiger partial charge in [0, 0.05) is 39.1 Å². The van der Waals surface area contributed by atoms with E-state index in [9.17, 15) is 9.59 Å². The molecule has 3 unspecified atom stereocenters. The number of rotatable bonds is 19. The summed E-state index contributed by atoms with van der Waals surface area (Å²) in [5.74, 6) is 0.146. The number of benzene rings is 2. The smallest absolute Gasteiger partial charge is 0.243 e. The molecule has 0 saturated carbocycles. The topological polar surface area (TPSA) is 112 Å². The molecule has 2 aromatic rings. The standard InChI is InChI=1S/C30H42Cl3N3O5/c1-4-20(2)29(30(38)35-17-21-9-11-24(31)26(33)15-21)36-28(37)8-5-7-23(34)19-40-18-22-10-12-25(32)27(16-22)41-14-6-13-39-3/h9-12,15-16,20,23,29H,4-8,13-14,17-19,34H2,1-3H3,(H,35,38)(H,36,37). The monoisotopic (exact) mass is 629 g/mol. The van der Waals surface area contributed by atoms with E-state index in [4.69, 9.17) is 54.7 Å². The summed E-state index contributed by atoms with van der Waals surface area (Å²) in [5.41, 5.74) is 7.96. The zero-order chi connectivity index (χ0) is 30.2. The van der Waals surface area contributed by atoms with Gasteiger partial charge in [-0.05, 0) is 54.2 Å². The fraction of sp³-hybridized carbons (Fsp3) is 0.533. The molecule has 11 heteroatoms. The third kappa shape index (κ3) is 13.2. The van der Waals surface area contributed by atoms with Crippen molar-refractivity contribution in [2.24, 2.45) is 11.7 Å². The van der Waals surface area contributed by atoms with Gasteiger partial charge in [-0.3, -0.25) is 9.59 Å². The number of carbonyl (C=O) groups is 2. The van der Waals surface area contributed by atoms with Gasteiger partial charge >= 0.3 is 0 Å². The van der Waals surface area contributed by atoms with E-state index in [1.807, 2.05) is 26.0 Å². The van der Waals surface area contributed by atoms with E-state index in [-0.39, 0.29) is 36.7 Å². The molecule has 228 valence electrons. The van der Waals surface area contributed by atoms with Crippen LogP contribution in [0.1, 0.15) is 57.1 Å². The first-order valence-corrected chi connectivity index (χ1v) is 15.0. The van der Waals surface area contributed by atoms with Gasteiger partial charge in [-0.15, -0.1) is 0 Å². The summed E-state index contributed by atoms with van der Waals surface area (Å²) >= 11 is 18.2. The Bertz CT molecular complexity index is 1110. The van der Waals surface area contributed by atoms with Crippen LogP contribution in [-0.2, 0) is 32.2 Å². The highest BCUT2D eigenvalue weighted by atomic mass is 35.5. The van der Waals surface area contributed by atoms with Crippen LogP contribution in [0, 0.1) is 5.92 Å². The lowest BCUT2D eigenvalue weighted by Crippen LogP contribution is -2.50. The summed E-state index contributed by atoms with van der Waals surface area (Å²) in [4.78, 5) is 25.6. The van der Waals surface area contributed by atoms with Crippen LogP contribution in [0.2, 0.25) is 15.1 Å². The fourth-order valence-corrected chi connectivity index (χ4v) is 4.46. The molecule has 0 heterocycles. The first kappa shape index (κ1) is 35.1. The zero-order valence-electron chi connectivity index (χ0n) is 24.0. The number of carbonyl (C=O) groups excluding carboxylic acids is 2. The highest BCUT2D eigenvalue weighted by Gasteiger charge is 2.25. The fourth-order valence-electron chi connectivity index (χ4n) is 3.97. The van der Waals surface area contributed by atoms with Gasteiger partial charge in [0.25, 0.3) is 0 Å². The third-order valence-electron chi connectivity index (χ3n) is 6.59. The summed E-state index contributed by atoms with van der Waals surface area (Å²) in [6.07, 6.45) is 2.96. The van der Waals surface area contributed by atoms with E-state index >= 15 is 0 Å². The van der Waals surface area contributed by atoms with Gasteiger partial charge in [-0.1, -0.05) is 67.2 Å². The Morgan fingerprint density at radius 2 is 1.71 bits per heavy atom. The zero-order valence-corrected chi connectivity index (χ0v) is 26.3. The molecule has 2 aromatic carbocycles. The minimum absolute atomic E-state index is 0.0347. The number of nitrogens with two attached hydrogens (primary N) is 1. The number of nitrogens with one attached hydrogen (secondary N) is 2.